The van der Waals surface area contributed by atoms with Gasteiger partial charge >= 0.3 is 0 Å². The highest BCUT2D eigenvalue weighted by atomic mass is 32.1. The van der Waals surface area contributed by atoms with Crippen LogP contribution in [0.4, 0.5) is 10.7 Å². The number of para-hydroxylation sites is 1. The summed E-state index contributed by atoms with van der Waals surface area (Å²) in [6.45, 7) is 2.02. The number of fused-ring (bicyclic) bond motifs is 1. The van der Waals surface area contributed by atoms with E-state index in [0.717, 1.165) is 52.4 Å². The molecule has 0 aliphatic heterocycles. The molecule has 0 spiro atoms. The van der Waals surface area contributed by atoms with Crippen LogP contribution >= 0.6 is 11.3 Å². The SMILES string of the molecule is COc1cc(C=Nc2sc3c(c2C(=O)Nc2ccccc2)CCCCCC3)ccc1C. The molecule has 1 aliphatic rings. The quantitative estimate of drug-likeness (QED) is 0.455. The normalized spacial score (nSPS) is 14.0. The molecule has 5 heteroatoms. The Balaban J connectivity index is 1.70. The summed E-state index contributed by atoms with van der Waals surface area (Å²) in [4.78, 5) is 19.4. The Hall–Kier alpha value is -2.92. The van der Waals surface area contributed by atoms with E-state index >= 15 is 0 Å². The zero-order chi connectivity index (χ0) is 21.6. The molecular formula is C26H28N2O2S. The van der Waals surface area contributed by atoms with Crippen LogP contribution in [0.5, 0.6) is 5.75 Å². The number of nitrogens with one attached hydrogen (secondary N) is 1. The van der Waals surface area contributed by atoms with Crippen molar-refractivity contribution < 1.29 is 9.53 Å². The monoisotopic (exact) mass is 432 g/mol. The van der Waals surface area contributed by atoms with Gasteiger partial charge in [0.2, 0.25) is 0 Å². The van der Waals surface area contributed by atoms with Crippen LogP contribution in [0.25, 0.3) is 0 Å². The number of hydrogen-bond acceptors (Lipinski definition) is 4. The Bertz CT molecular complexity index is 1090. The number of aryl methyl sites for hydroxylation is 2. The third-order valence-electron chi connectivity index (χ3n) is 5.67. The van der Waals surface area contributed by atoms with Crippen molar-refractivity contribution in [1.29, 1.82) is 0 Å². The fourth-order valence-corrected chi connectivity index (χ4v) is 5.23. The Morgan fingerprint density at radius 2 is 1.84 bits per heavy atom. The van der Waals surface area contributed by atoms with Gasteiger partial charge < -0.3 is 10.1 Å². The third-order valence-corrected chi connectivity index (χ3v) is 6.87. The molecule has 1 amide bonds. The highest BCUT2D eigenvalue weighted by Crippen LogP contribution is 2.39. The van der Waals surface area contributed by atoms with Gasteiger partial charge in [0.25, 0.3) is 5.91 Å². The van der Waals surface area contributed by atoms with Crippen LogP contribution in [-0.2, 0) is 12.8 Å². The van der Waals surface area contributed by atoms with Gasteiger partial charge in [-0.2, -0.15) is 0 Å². The predicted molar refractivity (Wildman–Crippen MR) is 130 cm³/mol. The maximum Gasteiger partial charge on any atom is 0.259 e. The largest absolute Gasteiger partial charge is 0.496 e. The van der Waals surface area contributed by atoms with E-state index in [2.05, 4.69) is 5.32 Å². The topological polar surface area (TPSA) is 50.7 Å². The number of methoxy groups -OCH3 is 1. The number of nitrogens with zero attached hydrogens (tertiary/aromatic N) is 1. The average Bonchev–Trinajstić information content (AvgIpc) is 3.10. The number of hydrogen-bond donors (Lipinski definition) is 1. The van der Waals surface area contributed by atoms with Crippen LogP contribution in [0.2, 0.25) is 0 Å². The maximum atomic E-state index is 13.3. The highest BCUT2D eigenvalue weighted by Gasteiger charge is 2.24. The predicted octanol–water partition coefficient (Wildman–Crippen LogP) is 6.73. The number of ether oxygens (including phenoxy) is 1. The number of carbonyl (C=O) groups excluding carboxylic acids is 1. The smallest absolute Gasteiger partial charge is 0.259 e. The fourth-order valence-electron chi connectivity index (χ4n) is 4.00. The van der Waals surface area contributed by atoms with Crippen LogP contribution in [0, 0.1) is 6.92 Å². The third kappa shape index (κ3) is 5.05. The van der Waals surface area contributed by atoms with Crippen molar-refractivity contribution in [3.8, 4) is 5.75 Å². The van der Waals surface area contributed by atoms with Crippen molar-refractivity contribution in [1.82, 2.24) is 0 Å². The van der Waals surface area contributed by atoms with Gasteiger partial charge in [-0.1, -0.05) is 43.2 Å². The maximum absolute atomic E-state index is 13.3. The molecule has 1 heterocycles. The number of carbonyl (C=O) groups is 1. The molecule has 1 aliphatic carbocycles. The minimum atomic E-state index is -0.0714. The first-order valence-electron chi connectivity index (χ1n) is 10.9. The first-order valence-corrected chi connectivity index (χ1v) is 11.7. The minimum Gasteiger partial charge on any atom is -0.496 e. The standard InChI is InChI=1S/C26H28N2O2S/c1-18-14-15-19(16-22(18)30-2)17-27-26-24(25(29)28-20-10-6-5-7-11-20)21-12-8-3-4-9-13-23(21)31-26/h5-7,10-11,14-17H,3-4,8-9,12-13H2,1-2H3,(H,28,29). The molecule has 1 aromatic heterocycles. The molecule has 3 aromatic rings. The number of aliphatic imine (C=N–C) groups is 1. The van der Waals surface area contributed by atoms with Crippen molar-refractivity contribution >= 4 is 34.1 Å². The van der Waals surface area contributed by atoms with Crippen LogP contribution in [-0.4, -0.2) is 19.2 Å². The first kappa shape index (κ1) is 21.3. The second-order valence-corrected chi connectivity index (χ2v) is 8.99. The van der Waals surface area contributed by atoms with E-state index in [1.165, 1.54) is 29.7 Å². The van der Waals surface area contributed by atoms with Gasteiger partial charge in [0.05, 0.1) is 12.7 Å². The summed E-state index contributed by atoms with van der Waals surface area (Å²) in [5.41, 5.74) is 4.77. The van der Waals surface area contributed by atoms with E-state index in [0.29, 0.717) is 0 Å². The van der Waals surface area contributed by atoms with Crippen molar-refractivity contribution in [2.75, 3.05) is 12.4 Å². The zero-order valence-corrected chi connectivity index (χ0v) is 18.9. The van der Waals surface area contributed by atoms with Crippen LogP contribution in [0.3, 0.4) is 0 Å². The molecule has 0 fully saturated rings. The van der Waals surface area contributed by atoms with Gasteiger partial charge in [-0.3, -0.25) is 4.79 Å². The number of thiophene rings is 1. The number of amides is 1. The van der Waals surface area contributed by atoms with E-state index in [9.17, 15) is 4.79 Å². The Morgan fingerprint density at radius 3 is 2.61 bits per heavy atom. The lowest BCUT2D eigenvalue weighted by Gasteiger charge is -2.12. The molecule has 0 saturated heterocycles. The molecule has 1 N–H and O–H groups in total. The first-order chi connectivity index (χ1) is 15.2. The summed E-state index contributed by atoms with van der Waals surface area (Å²) in [5, 5.41) is 3.86. The van der Waals surface area contributed by atoms with Gasteiger partial charge in [-0.15, -0.1) is 11.3 Å². The van der Waals surface area contributed by atoms with Crippen LogP contribution in [0.1, 0.15) is 57.6 Å². The summed E-state index contributed by atoms with van der Waals surface area (Å²) in [7, 11) is 1.68. The van der Waals surface area contributed by atoms with E-state index in [4.69, 9.17) is 9.73 Å². The lowest BCUT2D eigenvalue weighted by molar-refractivity contribution is 0.102. The molecule has 4 nitrogen and oxygen atoms in total. The summed E-state index contributed by atoms with van der Waals surface area (Å²) in [6.07, 6.45) is 8.57. The summed E-state index contributed by atoms with van der Waals surface area (Å²) in [5.74, 6) is 0.766. The average molecular weight is 433 g/mol. The van der Waals surface area contributed by atoms with E-state index in [1.807, 2.05) is 61.7 Å². The molecule has 31 heavy (non-hydrogen) atoms. The van der Waals surface area contributed by atoms with Gasteiger partial charge in [0.1, 0.15) is 10.8 Å². The second-order valence-electron chi connectivity index (χ2n) is 7.91. The lowest BCUT2D eigenvalue weighted by atomic mass is 9.96. The fraction of sp³-hybridized carbons (Fsp3) is 0.308. The van der Waals surface area contributed by atoms with Crippen molar-refractivity contribution in [2.24, 2.45) is 4.99 Å². The second kappa shape index (κ2) is 9.92. The number of anilines is 1. The number of rotatable bonds is 5. The molecular weight excluding hydrogens is 404 g/mol. The number of benzene rings is 2. The lowest BCUT2D eigenvalue weighted by Crippen LogP contribution is -2.14. The van der Waals surface area contributed by atoms with Gasteiger partial charge in [-0.05, 0) is 67.5 Å². The van der Waals surface area contributed by atoms with Crippen LogP contribution < -0.4 is 10.1 Å². The molecule has 0 radical (unpaired) electrons. The van der Waals surface area contributed by atoms with Gasteiger partial charge in [0.15, 0.2) is 0 Å². The molecule has 0 bridgehead atoms. The highest BCUT2D eigenvalue weighted by molar-refractivity contribution is 7.16. The van der Waals surface area contributed by atoms with Gasteiger partial charge in [-0.25, -0.2) is 4.99 Å². The molecule has 160 valence electrons. The molecule has 0 unspecified atom stereocenters. The molecule has 0 atom stereocenters. The van der Waals surface area contributed by atoms with Crippen molar-refractivity contribution in [3.63, 3.8) is 0 Å². The Morgan fingerprint density at radius 1 is 1.06 bits per heavy atom. The van der Waals surface area contributed by atoms with Crippen molar-refractivity contribution in [3.05, 3.63) is 75.7 Å². The van der Waals surface area contributed by atoms with Crippen molar-refractivity contribution in [2.45, 2.75) is 45.4 Å². The summed E-state index contributed by atoms with van der Waals surface area (Å²) in [6, 6.07) is 15.7. The molecule has 2 aromatic carbocycles. The minimum absolute atomic E-state index is 0.0714. The Labute approximate surface area is 188 Å². The zero-order valence-electron chi connectivity index (χ0n) is 18.1. The van der Waals surface area contributed by atoms with E-state index in [1.54, 1.807) is 18.4 Å². The summed E-state index contributed by atoms with van der Waals surface area (Å²) >= 11 is 1.67. The van der Waals surface area contributed by atoms with Gasteiger partial charge in [0, 0.05) is 16.8 Å². The molecule has 0 saturated carbocycles. The van der Waals surface area contributed by atoms with Crippen LogP contribution in [0.15, 0.2) is 53.5 Å². The van der Waals surface area contributed by atoms with E-state index in [-0.39, 0.29) is 5.91 Å². The van der Waals surface area contributed by atoms with E-state index < -0.39 is 0 Å². The summed E-state index contributed by atoms with van der Waals surface area (Å²) < 4.78 is 5.44. The Kier molecular flexibility index (Phi) is 6.82. The molecule has 4 rings (SSSR count).